The molecule has 0 atom stereocenters. The Kier molecular flexibility index (Phi) is 5.05. The lowest BCUT2D eigenvalue weighted by Crippen LogP contribution is -2.37. The van der Waals surface area contributed by atoms with Crippen molar-refractivity contribution < 1.29 is 5.11 Å². The van der Waals surface area contributed by atoms with Crippen molar-refractivity contribution in [1.29, 1.82) is 0 Å². The number of fused-ring (bicyclic) bond motifs is 1. The lowest BCUT2D eigenvalue weighted by Gasteiger charge is -2.07. The molecule has 0 fully saturated rings. The Morgan fingerprint density at radius 2 is 1.92 bits per heavy atom. The average molecular weight is 421 g/mol. The summed E-state index contributed by atoms with van der Waals surface area (Å²) in [4.78, 5) is 28.9. The highest BCUT2D eigenvalue weighted by Gasteiger charge is 2.18. The van der Waals surface area contributed by atoms with Crippen LogP contribution in [0, 0.1) is 0 Å². The molecule has 0 aliphatic carbocycles. The molecule has 2 aromatic heterocycles. The minimum absolute atomic E-state index is 0.139. The van der Waals surface area contributed by atoms with E-state index < -0.39 is 11.2 Å². The van der Waals surface area contributed by atoms with Gasteiger partial charge >= 0.3 is 5.69 Å². The van der Waals surface area contributed by atoms with Crippen molar-refractivity contribution in [3.63, 3.8) is 0 Å². The second-order valence-corrected chi connectivity index (χ2v) is 6.53. The van der Waals surface area contributed by atoms with Crippen molar-refractivity contribution in [1.82, 2.24) is 18.7 Å². The lowest BCUT2D eigenvalue weighted by atomic mass is 10.2. The van der Waals surface area contributed by atoms with Crippen LogP contribution in [0.5, 0.6) is 0 Å². The molecule has 136 valence electrons. The molecule has 0 aliphatic rings. The summed E-state index contributed by atoms with van der Waals surface area (Å²) in [6, 6.07) is 7.54. The van der Waals surface area contributed by atoms with Crippen LogP contribution in [0.25, 0.3) is 11.2 Å². The third kappa shape index (κ3) is 3.20. The Morgan fingerprint density at radius 3 is 2.58 bits per heavy atom. The van der Waals surface area contributed by atoms with Gasteiger partial charge < -0.3 is 9.67 Å². The third-order valence-corrected chi connectivity index (χ3v) is 4.45. The van der Waals surface area contributed by atoms with Gasteiger partial charge in [-0.2, -0.15) is 10.1 Å². The summed E-state index contributed by atoms with van der Waals surface area (Å²) in [5.74, 6) is 0.265. The zero-order valence-electron chi connectivity index (χ0n) is 14.2. The van der Waals surface area contributed by atoms with Crippen molar-refractivity contribution in [2.24, 2.45) is 19.2 Å². The Hall–Kier alpha value is -2.72. The van der Waals surface area contributed by atoms with E-state index in [1.54, 1.807) is 6.21 Å². The molecule has 0 aliphatic heterocycles. The van der Waals surface area contributed by atoms with Gasteiger partial charge in [0.1, 0.15) is 0 Å². The number of hydrogen-bond acceptors (Lipinski definition) is 6. The Bertz CT molecular complexity index is 1090. The molecule has 9 nitrogen and oxygen atoms in total. The molecule has 0 spiro atoms. The number of halogens is 1. The number of aliphatic hydroxyl groups excluding tert-OH is 1. The molecule has 26 heavy (non-hydrogen) atoms. The number of hydrazone groups is 1. The smallest absolute Gasteiger partial charge is 0.332 e. The highest BCUT2D eigenvalue weighted by atomic mass is 79.9. The highest BCUT2D eigenvalue weighted by Crippen LogP contribution is 2.15. The number of nitrogens with zero attached hydrogens (tertiary/aromatic N) is 5. The van der Waals surface area contributed by atoms with Crippen molar-refractivity contribution in [2.75, 3.05) is 12.0 Å². The summed E-state index contributed by atoms with van der Waals surface area (Å²) in [6.45, 7) is -0.0529. The van der Waals surface area contributed by atoms with E-state index in [0.717, 1.165) is 14.6 Å². The molecule has 0 saturated carbocycles. The van der Waals surface area contributed by atoms with Crippen molar-refractivity contribution in [3.05, 3.63) is 55.1 Å². The van der Waals surface area contributed by atoms with Crippen LogP contribution in [0.4, 0.5) is 5.95 Å². The molecular formula is C16H17BrN6O3. The van der Waals surface area contributed by atoms with Crippen molar-refractivity contribution in [2.45, 2.75) is 6.54 Å². The van der Waals surface area contributed by atoms with E-state index >= 15 is 0 Å². The summed E-state index contributed by atoms with van der Waals surface area (Å²) in [5.41, 5.74) is 3.16. The normalized spacial score (nSPS) is 11.5. The van der Waals surface area contributed by atoms with Crippen molar-refractivity contribution in [3.8, 4) is 0 Å². The molecule has 3 rings (SSSR count). The molecule has 0 saturated heterocycles. The predicted octanol–water partition coefficient (Wildman–Crippen LogP) is 0.634. The molecule has 2 heterocycles. The van der Waals surface area contributed by atoms with Gasteiger partial charge in [-0.25, -0.2) is 10.2 Å². The zero-order valence-corrected chi connectivity index (χ0v) is 15.8. The summed E-state index contributed by atoms with van der Waals surface area (Å²) in [5, 5.41) is 13.5. The molecule has 1 aromatic carbocycles. The van der Waals surface area contributed by atoms with Gasteiger partial charge in [-0.15, -0.1) is 0 Å². The Labute approximate surface area is 156 Å². The molecule has 0 radical (unpaired) electrons. The predicted molar refractivity (Wildman–Crippen MR) is 103 cm³/mol. The van der Waals surface area contributed by atoms with Crippen LogP contribution >= 0.6 is 15.9 Å². The van der Waals surface area contributed by atoms with Crippen LogP contribution in [-0.4, -0.2) is 36.6 Å². The van der Waals surface area contributed by atoms with Gasteiger partial charge in [0.05, 0.1) is 12.8 Å². The Morgan fingerprint density at radius 1 is 1.23 bits per heavy atom. The number of imidazole rings is 1. The van der Waals surface area contributed by atoms with E-state index in [1.165, 1.54) is 23.2 Å². The largest absolute Gasteiger partial charge is 0.395 e. The third-order valence-electron chi connectivity index (χ3n) is 3.92. The molecule has 0 amide bonds. The van der Waals surface area contributed by atoms with Gasteiger partial charge in [-0.05, 0) is 17.7 Å². The summed E-state index contributed by atoms with van der Waals surface area (Å²) in [6.07, 6.45) is 1.60. The van der Waals surface area contributed by atoms with Crippen LogP contribution in [0.3, 0.4) is 0 Å². The lowest BCUT2D eigenvalue weighted by molar-refractivity contribution is 0.278. The monoisotopic (exact) mass is 420 g/mol. The maximum Gasteiger partial charge on any atom is 0.332 e. The second-order valence-electron chi connectivity index (χ2n) is 5.61. The average Bonchev–Trinajstić information content (AvgIpc) is 2.99. The van der Waals surface area contributed by atoms with E-state index in [2.05, 4.69) is 31.4 Å². The number of nitrogens with one attached hydrogen (secondary N) is 1. The topological polar surface area (TPSA) is 106 Å². The number of rotatable bonds is 5. The molecule has 2 N–H and O–H groups in total. The Balaban J connectivity index is 2.05. The van der Waals surface area contributed by atoms with Gasteiger partial charge in [-0.3, -0.25) is 13.9 Å². The first-order valence-electron chi connectivity index (χ1n) is 7.75. The zero-order chi connectivity index (χ0) is 18.8. The fraction of sp³-hybridized carbons (Fsp3) is 0.250. The number of aliphatic hydroxyl groups is 1. The van der Waals surface area contributed by atoms with Crippen LogP contribution in [0.15, 0.2) is 43.4 Å². The van der Waals surface area contributed by atoms with Crippen LogP contribution < -0.4 is 16.7 Å². The number of benzene rings is 1. The molecular weight excluding hydrogens is 404 g/mol. The SMILES string of the molecule is Cn1c(=O)c2c(nc(N/N=C/c3ccc(Br)cc3)n2CCO)n(C)c1=O. The van der Waals surface area contributed by atoms with Gasteiger partial charge in [-0.1, -0.05) is 28.1 Å². The first kappa shape index (κ1) is 18.1. The van der Waals surface area contributed by atoms with Gasteiger partial charge in [0, 0.05) is 25.1 Å². The van der Waals surface area contributed by atoms with E-state index in [1.807, 2.05) is 24.3 Å². The molecule has 3 aromatic rings. The first-order chi connectivity index (χ1) is 12.4. The van der Waals surface area contributed by atoms with Gasteiger partial charge in [0.15, 0.2) is 11.2 Å². The van der Waals surface area contributed by atoms with Crippen LogP contribution in [0.1, 0.15) is 5.56 Å². The summed E-state index contributed by atoms with van der Waals surface area (Å²) >= 11 is 3.37. The fourth-order valence-corrected chi connectivity index (χ4v) is 2.83. The molecule has 0 bridgehead atoms. The summed E-state index contributed by atoms with van der Waals surface area (Å²) < 4.78 is 4.76. The van der Waals surface area contributed by atoms with E-state index in [0.29, 0.717) is 0 Å². The minimum atomic E-state index is -0.478. The molecule has 10 heteroatoms. The summed E-state index contributed by atoms with van der Waals surface area (Å²) in [7, 11) is 2.94. The maximum absolute atomic E-state index is 12.5. The van der Waals surface area contributed by atoms with Gasteiger partial charge in [0.25, 0.3) is 5.56 Å². The number of aromatic nitrogens is 4. The minimum Gasteiger partial charge on any atom is -0.395 e. The molecule has 0 unspecified atom stereocenters. The maximum atomic E-state index is 12.5. The van der Waals surface area contributed by atoms with Crippen molar-refractivity contribution >= 4 is 39.3 Å². The quantitative estimate of drug-likeness (QED) is 0.465. The van der Waals surface area contributed by atoms with E-state index in [9.17, 15) is 14.7 Å². The first-order valence-corrected chi connectivity index (χ1v) is 8.55. The van der Waals surface area contributed by atoms with Crippen LogP contribution in [-0.2, 0) is 20.6 Å². The standard InChI is InChI=1S/C16H17BrN6O3/c1-21-13-12(14(25)22(2)16(21)26)23(7-8-24)15(19-13)20-18-9-10-3-5-11(17)6-4-10/h3-6,9,24H,7-8H2,1-2H3,(H,19,20)/b18-9+. The number of aryl methyl sites for hydroxylation is 1. The van der Waals surface area contributed by atoms with Gasteiger partial charge in [0.2, 0.25) is 5.95 Å². The van der Waals surface area contributed by atoms with Crippen LogP contribution in [0.2, 0.25) is 0 Å². The highest BCUT2D eigenvalue weighted by molar-refractivity contribution is 9.10. The fourth-order valence-electron chi connectivity index (χ4n) is 2.56. The number of hydrogen-bond donors (Lipinski definition) is 2. The van der Waals surface area contributed by atoms with E-state index in [-0.39, 0.29) is 30.3 Å². The second kappa shape index (κ2) is 7.26. The van der Waals surface area contributed by atoms with E-state index in [4.69, 9.17) is 0 Å². The number of anilines is 1.